The van der Waals surface area contributed by atoms with Crippen LogP contribution in [0.5, 0.6) is 0 Å². The molecule has 0 unspecified atom stereocenters. The van der Waals surface area contributed by atoms with Crippen LogP contribution in [0.15, 0.2) is 18.3 Å². The summed E-state index contributed by atoms with van der Waals surface area (Å²) < 4.78 is 0. The van der Waals surface area contributed by atoms with E-state index in [1.807, 2.05) is 12.3 Å². The lowest BCUT2D eigenvalue weighted by atomic mass is 10.3. The van der Waals surface area contributed by atoms with Crippen molar-refractivity contribution < 1.29 is 0 Å². The highest BCUT2D eigenvalue weighted by Crippen LogP contribution is 2.04. The zero-order valence-corrected chi connectivity index (χ0v) is 10.7. The predicted molar refractivity (Wildman–Crippen MR) is 69.9 cm³/mol. The second kappa shape index (κ2) is 7.23. The molecule has 1 rings (SSSR count). The molecule has 90 valence electrons. The molecule has 0 saturated carbocycles. The van der Waals surface area contributed by atoms with Crippen LogP contribution in [-0.4, -0.2) is 36.1 Å². The van der Waals surface area contributed by atoms with Crippen LogP contribution in [0.2, 0.25) is 0 Å². The Bertz CT molecular complexity index is 299. The maximum atomic E-state index is 4.28. The van der Waals surface area contributed by atoms with Gasteiger partial charge in [0.2, 0.25) is 0 Å². The molecular formula is C13H23N3. The van der Waals surface area contributed by atoms with Gasteiger partial charge in [-0.25, -0.2) is 4.98 Å². The normalized spacial score (nSPS) is 10.8. The molecular weight excluding hydrogens is 198 g/mol. The summed E-state index contributed by atoms with van der Waals surface area (Å²) >= 11 is 0. The summed E-state index contributed by atoms with van der Waals surface area (Å²) in [7, 11) is 0. The largest absolute Gasteiger partial charge is 0.369 e. The number of aryl methyl sites for hydroxylation is 1. The summed E-state index contributed by atoms with van der Waals surface area (Å²) in [5.41, 5.74) is 1.25. The van der Waals surface area contributed by atoms with E-state index in [1.165, 1.54) is 18.5 Å². The van der Waals surface area contributed by atoms with Crippen LogP contribution >= 0.6 is 0 Å². The zero-order chi connectivity index (χ0) is 11.8. The third kappa shape index (κ3) is 4.62. The minimum Gasteiger partial charge on any atom is -0.369 e. The van der Waals surface area contributed by atoms with Gasteiger partial charge in [0.05, 0.1) is 0 Å². The molecule has 3 nitrogen and oxygen atoms in total. The van der Waals surface area contributed by atoms with E-state index in [-0.39, 0.29) is 0 Å². The standard InChI is InChI=1S/C13H23N3/c1-4-9-16(5-2)10-8-15-13-11-12(3)6-7-14-13/h6-7,11H,4-5,8-10H2,1-3H3,(H,14,15). The van der Waals surface area contributed by atoms with Gasteiger partial charge in [0, 0.05) is 19.3 Å². The van der Waals surface area contributed by atoms with Gasteiger partial charge in [-0.1, -0.05) is 13.8 Å². The maximum absolute atomic E-state index is 4.28. The number of aromatic nitrogens is 1. The first-order valence-electron chi connectivity index (χ1n) is 6.15. The number of likely N-dealkylation sites (N-methyl/N-ethyl adjacent to an activating group) is 1. The van der Waals surface area contributed by atoms with Crippen molar-refractivity contribution in [3.63, 3.8) is 0 Å². The summed E-state index contributed by atoms with van der Waals surface area (Å²) in [6.07, 6.45) is 3.07. The summed E-state index contributed by atoms with van der Waals surface area (Å²) in [6.45, 7) is 10.9. The van der Waals surface area contributed by atoms with E-state index in [2.05, 4.69) is 42.0 Å². The fourth-order valence-corrected chi connectivity index (χ4v) is 1.72. The van der Waals surface area contributed by atoms with Gasteiger partial charge in [0.15, 0.2) is 0 Å². The average Bonchev–Trinajstić information content (AvgIpc) is 2.28. The average molecular weight is 221 g/mol. The molecule has 0 fully saturated rings. The third-order valence-electron chi connectivity index (χ3n) is 2.64. The molecule has 1 heterocycles. The van der Waals surface area contributed by atoms with Crippen LogP contribution in [0, 0.1) is 6.92 Å². The molecule has 0 aromatic carbocycles. The monoisotopic (exact) mass is 221 g/mol. The van der Waals surface area contributed by atoms with E-state index < -0.39 is 0 Å². The smallest absolute Gasteiger partial charge is 0.126 e. The molecule has 0 amide bonds. The summed E-state index contributed by atoms with van der Waals surface area (Å²) in [5.74, 6) is 0.979. The Kier molecular flexibility index (Phi) is 5.86. The second-order valence-electron chi connectivity index (χ2n) is 4.08. The zero-order valence-electron chi connectivity index (χ0n) is 10.7. The van der Waals surface area contributed by atoms with Crippen LogP contribution in [0.3, 0.4) is 0 Å². The Labute approximate surface area is 98.9 Å². The van der Waals surface area contributed by atoms with E-state index in [0.29, 0.717) is 0 Å². The van der Waals surface area contributed by atoms with Crippen LogP contribution in [0.25, 0.3) is 0 Å². The Morgan fingerprint density at radius 2 is 2.12 bits per heavy atom. The minimum absolute atomic E-state index is 0.963. The first kappa shape index (κ1) is 13.0. The van der Waals surface area contributed by atoms with Crippen molar-refractivity contribution in [1.82, 2.24) is 9.88 Å². The fraction of sp³-hybridized carbons (Fsp3) is 0.615. The van der Waals surface area contributed by atoms with Crippen molar-refractivity contribution >= 4 is 5.82 Å². The molecule has 16 heavy (non-hydrogen) atoms. The van der Waals surface area contributed by atoms with E-state index in [0.717, 1.165) is 25.5 Å². The Morgan fingerprint density at radius 1 is 1.31 bits per heavy atom. The molecule has 0 atom stereocenters. The van der Waals surface area contributed by atoms with Crippen molar-refractivity contribution in [3.8, 4) is 0 Å². The molecule has 0 aliphatic carbocycles. The number of nitrogens with zero attached hydrogens (tertiary/aromatic N) is 2. The van der Waals surface area contributed by atoms with Gasteiger partial charge in [-0.3, -0.25) is 0 Å². The molecule has 0 aliphatic heterocycles. The number of hydrogen-bond donors (Lipinski definition) is 1. The highest BCUT2D eigenvalue weighted by Gasteiger charge is 2.00. The van der Waals surface area contributed by atoms with Crippen LogP contribution in [-0.2, 0) is 0 Å². The van der Waals surface area contributed by atoms with E-state index in [1.54, 1.807) is 0 Å². The van der Waals surface area contributed by atoms with Crippen molar-refractivity contribution in [3.05, 3.63) is 23.9 Å². The third-order valence-corrected chi connectivity index (χ3v) is 2.64. The summed E-state index contributed by atoms with van der Waals surface area (Å²) in [4.78, 5) is 6.73. The van der Waals surface area contributed by atoms with Gasteiger partial charge < -0.3 is 10.2 Å². The predicted octanol–water partition coefficient (Wildman–Crippen LogP) is 2.53. The van der Waals surface area contributed by atoms with Gasteiger partial charge in [-0.2, -0.15) is 0 Å². The number of nitrogens with one attached hydrogen (secondary N) is 1. The highest BCUT2D eigenvalue weighted by atomic mass is 15.1. The van der Waals surface area contributed by atoms with Crippen molar-refractivity contribution in [2.24, 2.45) is 0 Å². The van der Waals surface area contributed by atoms with E-state index in [4.69, 9.17) is 0 Å². The van der Waals surface area contributed by atoms with Crippen molar-refractivity contribution in [2.75, 3.05) is 31.5 Å². The van der Waals surface area contributed by atoms with Crippen molar-refractivity contribution in [2.45, 2.75) is 27.2 Å². The van der Waals surface area contributed by atoms with Crippen LogP contribution in [0.1, 0.15) is 25.8 Å². The lowest BCUT2D eigenvalue weighted by Gasteiger charge is -2.19. The molecule has 0 radical (unpaired) electrons. The topological polar surface area (TPSA) is 28.2 Å². The molecule has 0 saturated heterocycles. The Morgan fingerprint density at radius 3 is 2.75 bits per heavy atom. The van der Waals surface area contributed by atoms with Gasteiger partial charge in [0.25, 0.3) is 0 Å². The Balaban J connectivity index is 2.29. The SMILES string of the molecule is CCCN(CC)CCNc1cc(C)ccn1. The number of anilines is 1. The van der Waals surface area contributed by atoms with Crippen LogP contribution < -0.4 is 5.32 Å². The van der Waals surface area contributed by atoms with Gasteiger partial charge in [-0.15, -0.1) is 0 Å². The van der Waals surface area contributed by atoms with E-state index in [9.17, 15) is 0 Å². The minimum atomic E-state index is 0.963. The molecule has 3 heteroatoms. The number of rotatable bonds is 7. The van der Waals surface area contributed by atoms with Crippen LogP contribution in [0.4, 0.5) is 5.82 Å². The van der Waals surface area contributed by atoms with Gasteiger partial charge in [-0.05, 0) is 44.1 Å². The highest BCUT2D eigenvalue weighted by molar-refractivity contribution is 5.36. The van der Waals surface area contributed by atoms with E-state index >= 15 is 0 Å². The quantitative estimate of drug-likeness (QED) is 0.767. The molecule has 1 aromatic heterocycles. The lowest BCUT2D eigenvalue weighted by Crippen LogP contribution is -2.29. The molecule has 0 spiro atoms. The maximum Gasteiger partial charge on any atom is 0.126 e. The number of hydrogen-bond acceptors (Lipinski definition) is 3. The first-order chi connectivity index (χ1) is 7.76. The molecule has 0 aliphatic rings. The molecule has 1 N–H and O–H groups in total. The summed E-state index contributed by atoms with van der Waals surface area (Å²) in [5, 5.41) is 3.36. The lowest BCUT2D eigenvalue weighted by molar-refractivity contribution is 0.300. The molecule has 1 aromatic rings. The number of pyridine rings is 1. The second-order valence-corrected chi connectivity index (χ2v) is 4.08. The Hall–Kier alpha value is -1.09. The fourth-order valence-electron chi connectivity index (χ4n) is 1.72. The first-order valence-corrected chi connectivity index (χ1v) is 6.15. The van der Waals surface area contributed by atoms with Gasteiger partial charge in [0.1, 0.15) is 5.82 Å². The van der Waals surface area contributed by atoms with Crippen molar-refractivity contribution in [1.29, 1.82) is 0 Å². The molecule has 0 bridgehead atoms. The van der Waals surface area contributed by atoms with Gasteiger partial charge >= 0.3 is 0 Å². The summed E-state index contributed by atoms with van der Waals surface area (Å²) in [6, 6.07) is 4.09.